The molecule has 25 heavy (non-hydrogen) atoms. The normalized spacial score (nSPS) is 17.8. The first kappa shape index (κ1) is 16.1. The highest BCUT2D eigenvalue weighted by atomic mass is 79.9. The summed E-state index contributed by atoms with van der Waals surface area (Å²) in [6.45, 7) is 0.857. The molecule has 1 saturated heterocycles. The van der Waals surface area contributed by atoms with Gasteiger partial charge in [0.2, 0.25) is 5.91 Å². The van der Waals surface area contributed by atoms with E-state index in [-0.39, 0.29) is 18.0 Å². The van der Waals surface area contributed by atoms with Crippen molar-refractivity contribution in [1.29, 1.82) is 0 Å². The molecular formula is C19H16BrN3O2. The molecule has 1 aliphatic heterocycles. The van der Waals surface area contributed by atoms with Crippen LogP contribution in [0.15, 0.2) is 63.9 Å². The maximum absolute atomic E-state index is 12.5. The number of hydrogen-bond acceptors (Lipinski definition) is 3. The minimum absolute atomic E-state index is 0.0744. The molecule has 2 aromatic carbocycles. The zero-order chi connectivity index (χ0) is 17.4. The molecule has 1 fully saturated rings. The number of H-pyrrole nitrogens is 1. The zero-order valence-electron chi connectivity index (χ0n) is 13.3. The number of carbonyl (C=O) groups is 1. The number of para-hydroxylation sites is 1. The summed E-state index contributed by atoms with van der Waals surface area (Å²) >= 11 is 3.42. The van der Waals surface area contributed by atoms with Gasteiger partial charge in [0.25, 0.3) is 5.56 Å². The van der Waals surface area contributed by atoms with Gasteiger partial charge in [0, 0.05) is 16.5 Å². The van der Waals surface area contributed by atoms with Gasteiger partial charge >= 0.3 is 0 Å². The Bertz CT molecular complexity index is 997. The van der Waals surface area contributed by atoms with Crippen molar-refractivity contribution < 1.29 is 4.79 Å². The SMILES string of the molecule is O=C1CN(Cc2ccc(Br)cc2)[C@@H](c2cc3ccccc3[nH]c2=O)N1. The lowest BCUT2D eigenvalue weighted by atomic mass is 10.1. The first-order chi connectivity index (χ1) is 12.1. The Morgan fingerprint density at radius 2 is 1.84 bits per heavy atom. The number of nitrogens with one attached hydrogen (secondary N) is 2. The van der Waals surface area contributed by atoms with Gasteiger partial charge in [-0.3, -0.25) is 14.5 Å². The smallest absolute Gasteiger partial charge is 0.255 e. The predicted molar refractivity (Wildman–Crippen MR) is 100 cm³/mol. The fourth-order valence-electron chi connectivity index (χ4n) is 3.18. The number of carbonyl (C=O) groups excluding carboxylic acids is 1. The molecule has 4 rings (SSSR count). The summed E-state index contributed by atoms with van der Waals surface area (Å²) in [5, 5.41) is 3.86. The Morgan fingerprint density at radius 3 is 2.64 bits per heavy atom. The third-order valence-electron chi connectivity index (χ3n) is 4.39. The van der Waals surface area contributed by atoms with Crippen LogP contribution in [0.1, 0.15) is 17.3 Å². The van der Waals surface area contributed by atoms with E-state index in [1.165, 1.54) is 0 Å². The van der Waals surface area contributed by atoms with Crippen molar-refractivity contribution in [2.75, 3.05) is 6.54 Å². The van der Waals surface area contributed by atoms with Crippen molar-refractivity contribution in [3.8, 4) is 0 Å². The van der Waals surface area contributed by atoms with E-state index in [2.05, 4.69) is 26.2 Å². The molecule has 0 saturated carbocycles. The molecule has 5 nitrogen and oxygen atoms in total. The van der Waals surface area contributed by atoms with E-state index < -0.39 is 6.17 Å². The van der Waals surface area contributed by atoms with Crippen molar-refractivity contribution in [3.63, 3.8) is 0 Å². The maximum atomic E-state index is 12.5. The summed E-state index contributed by atoms with van der Waals surface area (Å²) in [4.78, 5) is 29.4. The van der Waals surface area contributed by atoms with Gasteiger partial charge in [0.1, 0.15) is 6.17 Å². The largest absolute Gasteiger partial charge is 0.335 e. The van der Waals surface area contributed by atoms with Gasteiger partial charge in [0.05, 0.1) is 12.1 Å². The molecule has 126 valence electrons. The molecule has 0 bridgehead atoms. The van der Waals surface area contributed by atoms with Crippen molar-refractivity contribution in [2.24, 2.45) is 0 Å². The molecule has 2 N–H and O–H groups in total. The number of aromatic amines is 1. The Kier molecular flexibility index (Phi) is 4.15. The van der Waals surface area contributed by atoms with Gasteiger partial charge in [0.15, 0.2) is 0 Å². The van der Waals surface area contributed by atoms with Crippen LogP contribution in [0.4, 0.5) is 0 Å². The lowest BCUT2D eigenvalue weighted by molar-refractivity contribution is -0.118. The monoisotopic (exact) mass is 397 g/mol. The first-order valence-electron chi connectivity index (χ1n) is 8.00. The third kappa shape index (κ3) is 3.23. The molecule has 3 aromatic rings. The Balaban J connectivity index is 1.70. The van der Waals surface area contributed by atoms with Crippen LogP contribution in [-0.4, -0.2) is 22.3 Å². The number of aromatic nitrogens is 1. The van der Waals surface area contributed by atoms with Crippen molar-refractivity contribution >= 4 is 32.7 Å². The highest BCUT2D eigenvalue weighted by Crippen LogP contribution is 2.24. The fourth-order valence-corrected chi connectivity index (χ4v) is 3.44. The second-order valence-electron chi connectivity index (χ2n) is 6.14. The average Bonchev–Trinajstić information content (AvgIpc) is 2.96. The third-order valence-corrected chi connectivity index (χ3v) is 4.91. The second kappa shape index (κ2) is 6.46. The molecule has 0 aliphatic carbocycles. The van der Waals surface area contributed by atoms with Crippen LogP contribution in [0.25, 0.3) is 10.9 Å². The van der Waals surface area contributed by atoms with Crippen LogP contribution < -0.4 is 10.9 Å². The summed E-state index contributed by atoms with van der Waals surface area (Å²) < 4.78 is 1.01. The molecule has 0 unspecified atom stereocenters. The van der Waals surface area contributed by atoms with Crippen LogP contribution in [0.2, 0.25) is 0 Å². The van der Waals surface area contributed by atoms with E-state index in [1.807, 2.05) is 59.5 Å². The van der Waals surface area contributed by atoms with Gasteiger partial charge in [-0.2, -0.15) is 0 Å². The van der Waals surface area contributed by atoms with E-state index in [4.69, 9.17) is 0 Å². The van der Waals surface area contributed by atoms with Crippen molar-refractivity contribution in [1.82, 2.24) is 15.2 Å². The average molecular weight is 398 g/mol. The van der Waals surface area contributed by atoms with Crippen molar-refractivity contribution in [3.05, 3.63) is 80.6 Å². The molecule has 1 amide bonds. The lowest BCUT2D eigenvalue weighted by Gasteiger charge is -2.23. The summed E-state index contributed by atoms with van der Waals surface area (Å²) in [6, 6.07) is 17.4. The highest BCUT2D eigenvalue weighted by Gasteiger charge is 2.32. The van der Waals surface area contributed by atoms with E-state index in [0.29, 0.717) is 12.1 Å². The quantitative estimate of drug-likeness (QED) is 0.713. The second-order valence-corrected chi connectivity index (χ2v) is 7.06. The van der Waals surface area contributed by atoms with Crippen LogP contribution in [-0.2, 0) is 11.3 Å². The zero-order valence-corrected chi connectivity index (χ0v) is 14.9. The van der Waals surface area contributed by atoms with E-state index in [1.54, 1.807) is 0 Å². The number of nitrogens with zero attached hydrogens (tertiary/aromatic N) is 1. The van der Waals surface area contributed by atoms with Gasteiger partial charge < -0.3 is 10.3 Å². The number of amides is 1. The molecule has 6 heteroatoms. The first-order valence-corrected chi connectivity index (χ1v) is 8.79. The molecule has 2 heterocycles. The number of halogens is 1. The van der Waals surface area contributed by atoms with Gasteiger partial charge in [-0.15, -0.1) is 0 Å². The van der Waals surface area contributed by atoms with E-state index >= 15 is 0 Å². The highest BCUT2D eigenvalue weighted by molar-refractivity contribution is 9.10. The summed E-state index contributed by atoms with van der Waals surface area (Å²) in [6.07, 6.45) is -0.426. The number of rotatable bonds is 3. The number of fused-ring (bicyclic) bond motifs is 1. The minimum Gasteiger partial charge on any atom is -0.335 e. The minimum atomic E-state index is -0.426. The van der Waals surface area contributed by atoms with Gasteiger partial charge in [-0.05, 0) is 35.2 Å². The Labute approximate surface area is 152 Å². The topological polar surface area (TPSA) is 65.2 Å². The van der Waals surface area contributed by atoms with Crippen LogP contribution in [0, 0.1) is 0 Å². The Hall–Kier alpha value is -2.44. The molecule has 0 radical (unpaired) electrons. The summed E-state index contributed by atoms with van der Waals surface area (Å²) in [7, 11) is 0. The Morgan fingerprint density at radius 1 is 1.08 bits per heavy atom. The fraction of sp³-hybridized carbons (Fsp3) is 0.158. The van der Waals surface area contributed by atoms with Gasteiger partial charge in [-0.1, -0.05) is 46.3 Å². The van der Waals surface area contributed by atoms with Crippen molar-refractivity contribution in [2.45, 2.75) is 12.7 Å². The van der Waals surface area contributed by atoms with E-state index in [0.717, 1.165) is 20.9 Å². The predicted octanol–water partition coefficient (Wildman–Crippen LogP) is 2.92. The van der Waals surface area contributed by atoms with Gasteiger partial charge in [-0.25, -0.2) is 0 Å². The number of hydrogen-bond donors (Lipinski definition) is 2. The molecule has 1 aromatic heterocycles. The standard InChI is InChI=1S/C19H16BrN3O2/c20-14-7-5-12(6-8-14)10-23-11-17(24)22-18(23)15-9-13-3-1-2-4-16(13)21-19(15)25/h1-9,18H,10-11H2,(H,21,25)(H,22,24)/t18-/m0/s1. The summed E-state index contributed by atoms with van der Waals surface area (Å²) in [5.74, 6) is -0.0744. The van der Waals surface area contributed by atoms with Crippen LogP contribution in [0.5, 0.6) is 0 Å². The molecule has 1 atom stereocenters. The molecular weight excluding hydrogens is 382 g/mol. The number of pyridine rings is 1. The lowest BCUT2D eigenvalue weighted by Crippen LogP contribution is -2.32. The molecule has 1 aliphatic rings. The number of benzene rings is 2. The van der Waals surface area contributed by atoms with Crippen LogP contribution >= 0.6 is 15.9 Å². The van der Waals surface area contributed by atoms with Crippen LogP contribution in [0.3, 0.4) is 0 Å². The van der Waals surface area contributed by atoms with E-state index in [9.17, 15) is 9.59 Å². The molecule has 0 spiro atoms. The summed E-state index contributed by atoms with van der Waals surface area (Å²) in [5.41, 5.74) is 2.26. The maximum Gasteiger partial charge on any atom is 0.255 e.